The predicted octanol–water partition coefficient (Wildman–Crippen LogP) is 4.16. The second-order valence-electron chi connectivity index (χ2n) is 4.76. The molecule has 106 valence electrons. The number of aromatic nitrogens is 2. The van der Waals surface area contributed by atoms with E-state index in [0.717, 1.165) is 34.4 Å². The number of hydrogen-bond donors (Lipinski definition) is 1. The Balaban J connectivity index is 2.01. The summed E-state index contributed by atoms with van der Waals surface area (Å²) in [6.07, 6.45) is 1.52. The zero-order valence-corrected chi connectivity index (χ0v) is 12.1. The highest BCUT2D eigenvalue weighted by Crippen LogP contribution is 2.31. The van der Waals surface area contributed by atoms with Crippen LogP contribution in [-0.4, -0.2) is 16.5 Å². The Hall–Kier alpha value is -2.62. The van der Waals surface area contributed by atoms with E-state index in [1.54, 1.807) is 0 Å². The number of fused-ring (bicyclic) bond motifs is 1. The summed E-state index contributed by atoms with van der Waals surface area (Å²) in [6.45, 7) is 4.80. The van der Waals surface area contributed by atoms with Gasteiger partial charge < -0.3 is 10.1 Å². The van der Waals surface area contributed by atoms with Crippen LogP contribution in [0.2, 0.25) is 0 Å². The third-order valence-electron chi connectivity index (χ3n) is 3.34. The van der Waals surface area contributed by atoms with E-state index in [0.29, 0.717) is 5.88 Å². The van der Waals surface area contributed by atoms with Crippen molar-refractivity contribution in [3.63, 3.8) is 0 Å². The van der Waals surface area contributed by atoms with E-state index in [2.05, 4.69) is 27.4 Å². The zero-order chi connectivity index (χ0) is 14.7. The summed E-state index contributed by atoms with van der Waals surface area (Å²) in [7, 11) is 0. The SMILES string of the molecule is CCNc1ncnc(Oc2cccc3ccccc23)c1C. The molecular weight excluding hydrogens is 262 g/mol. The van der Waals surface area contributed by atoms with Crippen LogP contribution >= 0.6 is 0 Å². The van der Waals surface area contributed by atoms with Gasteiger partial charge in [0.15, 0.2) is 0 Å². The first-order chi connectivity index (χ1) is 10.3. The molecule has 0 amide bonds. The molecule has 4 heteroatoms. The Kier molecular flexibility index (Phi) is 3.69. The van der Waals surface area contributed by atoms with Crippen molar-refractivity contribution in [2.75, 3.05) is 11.9 Å². The lowest BCUT2D eigenvalue weighted by atomic mass is 10.1. The molecule has 0 aliphatic carbocycles. The molecule has 0 bridgehead atoms. The van der Waals surface area contributed by atoms with Crippen molar-refractivity contribution in [2.45, 2.75) is 13.8 Å². The molecule has 0 atom stereocenters. The van der Waals surface area contributed by atoms with Crippen molar-refractivity contribution in [1.29, 1.82) is 0 Å². The van der Waals surface area contributed by atoms with Gasteiger partial charge in [0, 0.05) is 11.9 Å². The maximum atomic E-state index is 6.02. The van der Waals surface area contributed by atoms with Crippen molar-refractivity contribution < 1.29 is 4.74 Å². The second-order valence-corrected chi connectivity index (χ2v) is 4.76. The standard InChI is InChI=1S/C17H17N3O/c1-3-18-16-12(2)17(20-11-19-16)21-15-10-6-8-13-7-4-5-9-14(13)15/h4-11H,3H2,1-2H3,(H,18,19,20). The topological polar surface area (TPSA) is 47.0 Å². The molecule has 21 heavy (non-hydrogen) atoms. The van der Waals surface area contributed by atoms with Crippen LogP contribution < -0.4 is 10.1 Å². The van der Waals surface area contributed by atoms with E-state index in [1.807, 2.05) is 44.2 Å². The number of rotatable bonds is 4. The van der Waals surface area contributed by atoms with E-state index < -0.39 is 0 Å². The smallest absolute Gasteiger partial charge is 0.227 e. The molecule has 0 radical (unpaired) electrons. The summed E-state index contributed by atoms with van der Waals surface area (Å²) in [4.78, 5) is 8.48. The highest BCUT2D eigenvalue weighted by molar-refractivity contribution is 5.88. The second kappa shape index (κ2) is 5.79. The fraction of sp³-hybridized carbons (Fsp3) is 0.176. The van der Waals surface area contributed by atoms with Crippen molar-refractivity contribution in [3.05, 3.63) is 54.4 Å². The third-order valence-corrected chi connectivity index (χ3v) is 3.34. The van der Waals surface area contributed by atoms with Crippen molar-refractivity contribution >= 4 is 16.6 Å². The molecule has 1 heterocycles. The first-order valence-corrected chi connectivity index (χ1v) is 7.00. The molecule has 1 aromatic heterocycles. The summed E-state index contributed by atoms with van der Waals surface area (Å²) in [6, 6.07) is 14.2. The van der Waals surface area contributed by atoms with Gasteiger partial charge in [0.1, 0.15) is 17.9 Å². The van der Waals surface area contributed by atoms with Crippen LogP contribution in [0.4, 0.5) is 5.82 Å². The molecule has 0 fully saturated rings. The van der Waals surface area contributed by atoms with Gasteiger partial charge in [-0.1, -0.05) is 36.4 Å². The largest absolute Gasteiger partial charge is 0.438 e. The minimum absolute atomic E-state index is 0.581. The molecule has 0 aliphatic rings. The molecule has 1 N–H and O–H groups in total. The number of nitrogens with zero attached hydrogens (tertiary/aromatic N) is 2. The lowest BCUT2D eigenvalue weighted by molar-refractivity contribution is 0.463. The summed E-state index contributed by atoms with van der Waals surface area (Å²) in [5.74, 6) is 2.19. The molecule has 3 rings (SSSR count). The first-order valence-electron chi connectivity index (χ1n) is 7.00. The average molecular weight is 279 g/mol. The van der Waals surface area contributed by atoms with Gasteiger partial charge in [0.2, 0.25) is 5.88 Å². The first kappa shape index (κ1) is 13.4. The normalized spacial score (nSPS) is 10.6. The van der Waals surface area contributed by atoms with Gasteiger partial charge in [0.25, 0.3) is 0 Å². The van der Waals surface area contributed by atoms with Crippen LogP contribution in [0.5, 0.6) is 11.6 Å². The number of ether oxygens (including phenoxy) is 1. The Morgan fingerprint density at radius 3 is 2.71 bits per heavy atom. The maximum Gasteiger partial charge on any atom is 0.227 e. The van der Waals surface area contributed by atoms with Gasteiger partial charge in [-0.2, -0.15) is 0 Å². The molecule has 0 saturated heterocycles. The van der Waals surface area contributed by atoms with Crippen LogP contribution in [0.15, 0.2) is 48.8 Å². The highest BCUT2D eigenvalue weighted by Gasteiger charge is 2.10. The molecule has 3 aromatic rings. The fourth-order valence-corrected chi connectivity index (χ4v) is 2.27. The van der Waals surface area contributed by atoms with E-state index in [1.165, 1.54) is 6.33 Å². The maximum absolute atomic E-state index is 6.02. The monoisotopic (exact) mass is 279 g/mol. The molecule has 0 unspecified atom stereocenters. The molecule has 2 aromatic carbocycles. The van der Waals surface area contributed by atoms with Crippen molar-refractivity contribution in [2.24, 2.45) is 0 Å². The van der Waals surface area contributed by atoms with Gasteiger partial charge in [-0.25, -0.2) is 9.97 Å². The van der Waals surface area contributed by atoms with Crippen molar-refractivity contribution in [3.8, 4) is 11.6 Å². The van der Waals surface area contributed by atoms with E-state index in [9.17, 15) is 0 Å². The van der Waals surface area contributed by atoms with Gasteiger partial charge in [0.05, 0.1) is 5.56 Å². The molecule has 0 spiro atoms. The lowest BCUT2D eigenvalue weighted by Gasteiger charge is -2.12. The van der Waals surface area contributed by atoms with Gasteiger partial charge >= 0.3 is 0 Å². The number of hydrogen-bond acceptors (Lipinski definition) is 4. The summed E-state index contributed by atoms with van der Waals surface area (Å²) >= 11 is 0. The lowest BCUT2D eigenvalue weighted by Crippen LogP contribution is -2.03. The Morgan fingerprint density at radius 2 is 1.86 bits per heavy atom. The molecular formula is C17H17N3O. The minimum atomic E-state index is 0.581. The van der Waals surface area contributed by atoms with E-state index in [4.69, 9.17) is 4.74 Å². The van der Waals surface area contributed by atoms with Gasteiger partial charge in [-0.3, -0.25) is 0 Å². The van der Waals surface area contributed by atoms with E-state index in [-0.39, 0.29) is 0 Å². The predicted molar refractivity (Wildman–Crippen MR) is 85.0 cm³/mol. The minimum Gasteiger partial charge on any atom is -0.438 e. The zero-order valence-electron chi connectivity index (χ0n) is 12.1. The third kappa shape index (κ3) is 2.65. The quantitative estimate of drug-likeness (QED) is 0.779. The average Bonchev–Trinajstić information content (AvgIpc) is 2.52. The van der Waals surface area contributed by atoms with Gasteiger partial charge in [-0.15, -0.1) is 0 Å². The molecule has 0 aliphatic heterocycles. The van der Waals surface area contributed by atoms with Crippen LogP contribution in [0.25, 0.3) is 10.8 Å². The van der Waals surface area contributed by atoms with E-state index >= 15 is 0 Å². The number of nitrogens with one attached hydrogen (secondary N) is 1. The molecule has 4 nitrogen and oxygen atoms in total. The summed E-state index contributed by atoms with van der Waals surface area (Å²) < 4.78 is 6.02. The van der Waals surface area contributed by atoms with Gasteiger partial charge in [-0.05, 0) is 25.3 Å². The number of anilines is 1. The van der Waals surface area contributed by atoms with Crippen molar-refractivity contribution in [1.82, 2.24) is 9.97 Å². The Morgan fingerprint density at radius 1 is 1.05 bits per heavy atom. The number of benzene rings is 2. The van der Waals surface area contributed by atoms with Crippen LogP contribution in [0.1, 0.15) is 12.5 Å². The van der Waals surface area contributed by atoms with Crippen LogP contribution in [0.3, 0.4) is 0 Å². The fourth-order valence-electron chi connectivity index (χ4n) is 2.27. The highest BCUT2D eigenvalue weighted by atomic mass is 16.5. The van der Waals surface area contributed by atoms with Crippen LogP contribution in [-0.2, 0) is 0 Å². The molecule has 0 saturated carbocycles. The Labute approximate surface area is 123 Å². The summed E-state index contributed by atoms with van der Waals surface area (Å²) in [5.41, 5.74) is 0.910. The van der Waals surface area contributed by atoms with Crippen LogP contribution in [0, 0.1) is 6.92 Å². The summed E-state index contributed by atoms with van der Waals surface area (Å²) in [5, 5.41) is 5.43. The Bertz CT molecular complexity index is 766.